The number of fused-ring (bicyclic) bond motifs is 1. The van der Waals surface area contributed by atoms with Gasteiger partial charge in [-0.25, -0.2) is 4.79 Å². The number of nitrogens with zero attached hydrogens (tertiary/aromatic N) is 2. The van der Waals surface area contributed by atoms with E-state index in [-0.39, 0.29) is 17.1 Å². The largest absolute Gasteiger partial charge is 0.477 e. The molecule has 0 atom stereocenters. The smallest absolute Gasteiger partial charge is 0.352 e. The molecule has 16 heavy (non-hydrogen) atoms. The molecule has 0 saturated heterocycles. The van der Waals surface area contributed by atoms with Gasteiger partial charge in [0.15, 0.2) is 0 Å². The molecular formula is C9H5N3O4. The fourth-order valence-corrected chi connectivity index (χ4v) is 1.42. The van der Waals surface area contributed by atoms with E-state index in [1.54, 1.807) is 0 Å². The van der Waals surface area contributed by atoms with Crippen molar-refractivity contribution in [2.75, 3.05) is 0 Å². The molecule has 7 nitrogen and oxygen atoms in total. The van der Waals surface area contributed by atoms with Crippen LogP contribution in [0.15, 0.2) is 28.6 Å². The maximum atomic E-state index is 10.7. The van der Waals surface area contributed by atoms with E-state index in [0.717, 1.165) is 0 Å². The molecule has 0 aliphatic carbocycles. The average molecular weight is 219 g/mol. The summed E-state index contributed by atoms with van der Waals surface area (Å²) >= 11 is 0. The Morgan fingerprint density at radius 1 is 1.12 bits per heavy atom. The highest BCUT2D eigenvalue weighted by Crippen LogP contribution is 2.32. The predicted octanol–water partition coefficient (Wildman–Crippen LogP) is 2.66. The first-order valence-corrected chi connectivity index (χ1v) is 4.22. The van der Waals surface area contributed by atoms with E-state index >= 15 is 0 Å². The van der Waals surface area contributed by atoms with Gasteiger partial charge in [0.05, 0.1) is 0 Å². The van der Waals surface area contributed by atoms with Crippen LogP contribution in [0.25, 0.3) is 10.9 Å². The third-order valence-electron chi connectivity index (χ3n) is 2.14. The van der Waals surface area contributed by atoms with Crippen LogP contribution in [0.1, 0.15) is 10.5 Å². The quantitative estimate of drug-likeness (QED) is 0.772. The van der Waals surface area contributed by atoms with Crippen molar-refractivity contribution in [2.24, 2.45) is 10.4 Å². The zero-order valence-corrected chi connectivity index (χ0v) is 7.80. The molecule has 2 aromatic rings. The normalized spacial score (nSPS) is 10.2. The topological polar surface area (TPSA) is 112 Å². The van der Waals surface area contributed by atoms with Crippen molar-refractivity contribution in [3.05, 3.63) is 33.7 Å². The molecule has 0 saturated carbocycles. The number of hydrogen-bond acceptors (Lipinski definition) is 5. The lowest BCUT2D eigenvalue weighted by Gasteiger charge is -1.93. The summed E-state index contributed by atoms with van der Waals surface area (Å²) in [7, 11) is 0. The highest BCUT2D eigenvalue weighted by Gasteiger charge is 2.11. The lowest BCUT2D eigenvalue weighted by atomic mass is 10.2. The van der Waals surface area contributed by atoms with Crippen molar-refractivity contribution in [2.45, 2.75) is 0 Å². The van der Waals surface area contributed by atoms with Crippen molar-refractivity contribution in [1.29, 1.82) is 0 Å². The Morgan fingerprint density at radius 3 is 2.31 bits per heavy atom. The van der Waals surface area contributed by atoms with Gasteiger partial charge in [0.25, 0.3) is 0 Å². The fourth-order valence-electron chi connectivity index (χ4n) is 1.42. The molecule has 0 spiro atoms. The van der Waals surface area contributed by atoms with E-state index in [0.29, 0.717) is 10.9 Å². The van der Waals surface area contributed by atoms with Crippen molar-refractivity contribution in [1.82, 2.24) is 4.98 Å². The number of hydrogen-bond donors (Lipinski definition) is 2. The lowest BCUT2D eigenvalue weighted by Crippen LogP contribution is -1.94. The minimum atomic E-state index is -1.13. The van der Waals surface area contributed by atoms with Crippen LogP contribution in [0.5, 0.6) is 0 Å². The Balaban J connectivity index is 2.73. The maximum absolute atomic E-state index is 10.7. The Morgan fingerprint density at radius 2 is 1.75 bits per heavy atom. The zero-order chi connectivity index (χ0) is 11.7. The van der Waals surface area contributed by atoms with Crippen molar-refractivity contribution >= 4 is 28.2 Å². The average Bonchev–Trinajstić information content (AvgIpc) is 2.69. The van der Waals surface area contributed by atoms with Crippen LogP contribution in [0.4, 0.5) is 11.4 Å². The molecule has 2 rings (SSSR count). The molecule has 2 N–H and O–H groups in total. The number of carboxylic acid groups (broad SMARTS) is 1. The molecule has 1 heterocycles. The van der Waals surface area contributed by atoms with Gasteiger partial charge < -0.3 is 10.1 Å². The number of aromatic carboxylic acids is 1. The van der Waals surface area contributed by atoms with Gasteiger partial charge >= 0.3 is 5.97 Å². The third-order valence-corrected chi connectivity index (χ3v) is 2.14. The first kappa shape index (κ1) is 9.97. The summed E-state index contributed by atoms with van der Waals surface area (Å²) in [4.78, 5) is 34.0. The number of carboxylic acids is 1. The van der Waals surface area contributed by atoms with E-state index in [1.165, 1.54) is 18.2 Å². The van der Waals surface area contributed by atoms with E-state index in [9.17, 15) is 14.6 Å². The monoisotopic (exact) mass is 219 g/mol. The first-order valence-electron chi connectivity index (χ1n) is 4.22. The van der Waals surface area contributed by atoms with Gasteiger partial charge in [-0.1, -0.05) is 0 Å². The molecular weight excluding hydrogens is 214 g/mol. The van der Waals surface area contributed by atoms with Crippen LogP contribution in [0, 0.1) is 9.81 Å². The van der Waals surface area contributed by atoms with Gasteiger partial charge in [-0.3, -0.25) is 0 Å². The number of rotatable bonds is 3. The predicted molar refractivity (Wildman–Crippen MR) is 56.2 cm³/mol. The standard InChI is InChI=1S/C9H5N3O4/c13-9(14)8-2-4-1-6(11-15)7(12-16)3-5(4)10-8/h1-3,10H,(H,13,14). The van der Waals surface area contributed by atoms with E-state index in [1.807, 2.05) is 0 Å². The number of nitrogens with one attached hydrogen (secondary N) is 1. The molecule has 0 aliphatic rings. The number of aromatic nitrogens is 1. The number of nitroso groups, excluding NO2 is 2. The van der Waals surface area contributed by atoms with Gasteiger partial charge in [0, 0.05) is 10.9 Å². The summed E-state index contributed by atoms with van der Waals surface area (Å²) in [6, 6.07) is 3.94. The van der Waals surface area contributed by atoms with Crippen LogP contribution in [-0.4, -0.2) is 16.1 Å². The Labute approximate surface area is 88.0 Å². The third kappa shape index (κ3) is 1.44. The second kappa shape index (κ2) is 3.54. The van der Waals surface area contributed by atoms with Gasteiger partial charge in [0.1, 0.15) is 17.1 Å². The highest BCUT2D eigenvalue weighted by atomic mass is 16.4. The van der Waals surface area contributed by atoms with Crippen LogP contribution < -0.4 is 0 Å². The molecule has 0 unspecified atom stereocenters. The summed E-state index contributed by atoms with van der Waals surface area (Å²) in [6.45, 7) is 0. The molecule has 0 aliphatic heterocycles. The molecule has 7 heteroatoms. The van der Waals surface area contributed by atoms with Gasteiger partial charge in [0.2, 0.25) is 0 Å². The fraction of sp³-hybridized carbons (Fsp3) is 0. The maximum Gasteiger partial charge on any atom is 0.352 e. The number of carbonyl (C=O) groups is 1. The minimum Gasteiger partial charge on any atom is -0.477 e. The lowest BCUT2D eigenvalue weighted by molar-refractivity contribution is 0.0691. The van der Waals surface area contributed by atoms with Crippen LogP contribution in [0.3, 0.4) is 0 Å². The van der Waals surface area contributed by atoms with E-state index < -0.39 is 5.97 Å². The second-order valence-corrected chi connectivity index (χ2v) is 3.10. The number of benzene rings is 1. The van der Waals surface area contributed by atoms with Crippen molar-refractivity contribution in [3.8, 4) is 0 Å². The van der Waals surface area contributed by atoms with Crippen LogP contribution >= 0.6 is 0 Å². The van der Waals surface area contributed by atoms with E-state index in [4.69, 9.17) is 5.11 Å². The SMILES string of the molecule is O=Nc1cc2cc(C(=O)O)[nH]c2cc1N=O. The van der Waals surface area contributed by atoms with Gasteiger partial charge in [-0.2, -0.15) is 0 Å². The Kier molecular flexibility index (Phi) is 2.20. The first-order chi connectivity index (χ1) is 7.65. The molecule has 0 radical (unpaired) electrons. The summed E-state index contributed by atoms with van der Waals surface area (Å²) in [6.07, 6.45) is 0. The summed E-state index contributed by atoms with van der Waals surface area (Å²) < 4.78 is 0. The van der Waals surface area contributed by atoms with Crippen LogP contribution in [-0.2, 0) is 0 Å². The van der Waals surface area contributed by atoms with Crippen LogP contribution in [0.2, 0.25) is 0 Å². The highest BCUT2D eigenvalue weighted by molar-refractivity contribution is 5.96. The molecule has 1 aromatic carbocycles. The van der Waals surface area contributed by atoms with E-state index in [2.05, 4.69) is 15.3 Å². The number of aromatic amines is 1. The zero-order valence-electron chi connectivity index (χ0n) is 7.80. The van der Waals surface area contributed by atoms with Crippen molar-refractivity contribution in [3.63, 3.8) is 0 Å². The molecule has 1 aromatic heterocycles. The second-order valence-electron chi connectivity index (χ2n) is 3.10. The van der Waals surface area contributed by atoms with Gasteiger partial charge in [-0.15, -0.1) is 9.81 Å². The Bertz CT molecular complexity index is 557. The Hall–Kier alpha value is -2.57. The summed E-state index contributed by atoms with van der Waals surface area (Å²) in [5.74, 6) is -1.13. The van der Waals surface area contributed by atoms with Crippen molar-refractivity contribution < 1.29 is 9.90 Å². The molecule has 0 bridgehead atoms. The molecule has 0 fully saturated rings. The molecule has 80 valence electrons. The van der Waals surface area contributed by atoms with Gasteiger partial charge in [-0.05, 0) is 28.6 Å². The number of H-pyrrole nitrogens is 1. The molecule has 0 amide bonds. The minimum absolute atomic E-state index is 0.0325. The summed E-state index contributed by atoms with van der Waals surface area (Å²) in [5, 5.41) is 14.5. The summed E-state index contributed by atoms with van der Waals surface area (Å²) in [5.41, 5.74) is 0.147.